The van der Waals surface area contributed by atoms with Crippen LogP contribution in [0.15, 0.2) is 41.6 Å². The van der Waals surface area contributed by atoms with E-state index in [0.29, 0.717) is 41.7 Å². The van der Waals surface area contributed by atoms with Crippen LogP contribution in [0.3, 0.4) is 0 Å². The van der Waals surface area contributed by atoms with Crippen LogP contribution in [0.4, 0.5) is 18.9 Å². The molecule has 54 heavy (non-hydrogen) atoms. The van der Waals surface area contributed by atoms with Crippen LogP contribution in [0.2, 0.25) is 5.02 Å². The van der Waals surface area contributed by atoms with E-state index in [-0.39, 0.29) is 75.6 Å². The molecular formula is C36H32ClF3N10O4. The molecule has 14 nitrogen and oxygen atoms in total. The van der Waals surface area contributed by atoms with Crippen LogP contribution in [-0.2, 0) is 22.9 Å². The van der Waals surface area contributed by atoms with Crippen LogP contribution in [0, 0.1) is 18.8 Å². The fourth-order valence-electron chi connectivity index (χ4n) is 9.43. The molecule has 0 unspecified atom stereocenters. The first-order valence-corrected chi connectivity index (χ1v) is 18.3. The summed E-state index contributed by atoms with van der Waals surface area (Å²) in [6, 6.07) is 4.62. The molecular weight excluding hydrogens is 729 g/mol. The molecule has 18 heteroatoms. The number of likely N-dealkylation sites (tertiary alicyclic amines) is 1. The van der Waals surface area contributed by atoms with Crippen molar-refractivity contribution in [3.05, 3.63) is 80.4 Å². The number of fused-ring (bicyclic) bond motifs is 8. The number of alkyl halides is 3. The number of hydrogen-bond acceptors (Lipinski definition) is 9. The number of hydrogen-bond donors (Lipinski definition) is 2. The molecule has 0 bridgehead atoms. The van der Waals surface area contributed by atoms with Gasteiger partial charge in [0.15, 0.2) is 11.4 Å². The van der Waals surface area contributed by atoms with Gasteiger partial charge in [-0.1, -0.05) is 11.6 Å². The second-order valence-electron chi connectivity index (χ2n) is 15.1. The second kappa shape index (κ2) is 11.3. The summed E-state index contributed by atoms with van der Waals surface area (Å²) in [5, 5.41) is 22.3. The quantitative estimate of drug-likeness (QED) is 0.245. The number of piperidine rings is 1. The Morgan fingerprint density at radius 1 is 1.09 bits per heavy atom. The van der Waals surface area contributed by atoms with Crippen molar-refractivity contribution in [2.45, 2.75) is 81.6 Å². The van der Waals surface area contributed by atoms with E-state index >= 15 is 0 Å². The maximum Gasteiger partial charge on any atom is 0.416 e. The molecule has 1 aromatic carbocycles. The number of aromatic nitrogens is 8. The predicted octanol–water partition coefficient (Wildman–Crippen LogP) is 4.88. The van der Waals surface area contributed by atoms with Gasteiger partial charge in [-0.2, -0.15) is 27.8 Å². The van der Waals surface area contributed by atoms with Crippen molar-refractivity contribution in [1.29, 1.82) is 0 Å². The number of amides is 2. The Hall–Kier alpha value is -5.32. The lowest BCUT2D eigenvalue weighted by Crippen LogP contribution is -2.64. The van der Waals surface area contributed by atoms with Gasteiger partial charge in [0.05, 0.1) is 28.0 Å². The molecule has 5 atom stereocenters. The molecule has 5 aliphatic rings. The lowest BCUT2D eigenvalue weighted by atomic mass is 9.54. The Bertz CT molecular complexity index is 2510. The zero-order valence-electron chi connectivity index (χ0n) is 28.7. The Morgan fingerprint density at radius 2 is 1.91 bits per heavy atom. The van der Waals surface area contributed by atoms with Crippen LogP contribution in [0.25, 0.3) is 17.3 Å². The van der Waals surface area contributed by atoms with Crippen molar-refractivity contribution < 1.29 is 27.9 Å². The van der Waals surface area contributed by atoms with Gasteiger partial charge < -0.3 is 19.9 Å². The summed E-state index contributed by atoms with van der Waals surface area (Å²) in [5.74, 6) is -0.856. The number of nitrogens with zero attached hydrogens (tertiary/aromatic N) is 9. The standard InChI is InChI=1S/C36H32ClF3N10O4/c1-16-30(52)28(42-15-41-16)33(54)47-11-9-35(20-5-7-25(20)47)21-13-19(21)29-27(35)32(53)50-34(44-31(46-50)24-8-10-49(45-24)18-3-4-18)48(29)14-26(51)43-23-6-2-17(12-22(23)37)36(38,39)40/h2,6,8,10,12,15,18-21,25,52H,3-5,7,9,11,13-14H2,1H3,(H,43,51)/t19-,20+,21+,25-,35-/m0/s1. The fraction of sp³-hybridized carbons (Fsp3) is 0.444. The number of nitrogens with one attached hydrogen (secondary N) is 1. The van der Waals surface area contributed by atoms with E-state index in [1.807, 2.05) is 10.9 Å². The predicted molar refractivity (Wildman–Crippen MR) is 185 cm³/mol. The van der Waals surface area contributed by atoms with Crippen molar-refractivity contribution in [2.24, 2.45) is 11.8 Å². The van der Waals surface area contributed by atoms with Crippen molar-refractivity contribution in [3.63, 3.8) is 0 Å². The number of halogens is 4. The molecule has 278 valence electrons. The zero-order chi connectivity index (χ0) is 37.4. The molecule has 5 heterocycles. The maximum absolute atomic E-state index is 14.8. The number of rotatable bonds is 6. The number of carbonyl (C=O) groups is 2. The third kappa shape index (κ3) is 4.78. The molecule has 1 spiro atoms. The first-order valence-electron chi connectivity index (χ1n) is 17.9. The van der Waals surface area contributed by atoms with Crippen molar-refractivity contribution in [1.82, 2.24) is 43.8 Å². The Labute approximate surface area is 309 Å². The average Bonchev–Trinajstić information content (AvgIpc) is 4.00. The summed E-state index contributed by atoms with van der Waals surface area (Å²) in [4.78, 5) is 57.0. The van der Waals surface area contributed by atoms with Crippen LogP contribution in [-0.4, -0.2) is 73.3 Å². The first kappa shape index (κ1) is 33.3. The molecule has 0 radical (unpaired) electrons. The molecule has 4 fully saturated rings. The summed E-state index contributed by atoms with van der Waals surface area (Å²) >= 11 is 6.20. The van der Waals surface area contributed by atoms with Gasteiger partial charge >= 0.3 is 6.18 Å². The highest BCUT2D eigenvalue weighted by atomic mass is 35.5. The Balaban J connectivity index is 1.06. The molecule has 2 amide bonds. The molecule has 1 aliphatic heterocycles. The molecule has 1 saturated heterocycles. The molecule has 10 rings (SSSR count). The van der Waals surface area contributed by atoms with Crippen LogP contribution in [0.1, 0.15) is 83.5 Å². The van der Waals surface area contributed by atoms with Gasteiger partial charge in [0, 0.05) is 41.4 Å². The minimum atomic E-state index is -4.61. The van der Waals surface area contributed by atoms with Crippen LogP contribution in [0.5, 0.6) is 5.75 Å². The van der Waals surface area contributed by atoms with Crippen molar-refractivity contribution in [3.8, 4) is 17.3 Å². The average molecular weight is 761 g/mol. The third-order valence-corrected chi connectivity index (χ3v) is 12.5. The van der Waals surface area contributed by atoms with E-state index in [9.17, 15) is 32.7 Å². The van der Waals surface area contributed by atoms with Crippen LogP contribution < -0.4 is 10.9 Å². The van der Waals surface area contributed by atoms with Crippen molar-refractivity contribution >= 4 is 34.9 Å². The van der Waals surface area contributed by atoms with Gasteiger partial charge in [0.1, 0.15) is 18.6 Å². The van der Waals surface area contributed by atoms with E-state index in [2.05, 4.69) is 25.5 Å². The highest BCUT2D eigenvalue weighted by Crippen LogP contribution is 2.72. The largest absolute Gasteiger partial charge is 0.504 e. The van der Waals surface area contributed by atoms with E-state index < -0.39 is 23.1 Å². The number of aromatic hydroxyl groups is 1. The third-order valence-electron chi connectivity index (χ3n) is 12.2. The normalized spacial score (nSPS) is 25.3. The highest BCUT2D eigenvalue weighted by molar-refractivity contribution is 6.33. The van der Waals surface area contributed by atoms with Gasteiger partial charge in [0.25, 0.3) is 11.5 Å². The number of aryl methyl sites for hydroxylation is 1. The summed E-state index contributed by atoms with van der Waals surface area (Å²) in [7, 11) is 0. The number of benzene rings is 1. The highest BCUT2D eigenvalue weighted by Gasteiger charge is 2.70. The van der Waals surface area contributed by atoms with E-state index in [1.54, 1.807) is 22.5 Å². The van der Waals surface area contributed by atoms with Crippen LogP contribution >= 0.6 is 11.6 Å². The van der Waals surface area contributed by atoms with Crippen molar-refractivity contribution in [2.75, 3.05) is 11.9 Å². The van der Waals surface area contributed by atoms with Gasteiger partial charge in [0.2, 0.25) is 17.5 Å². The molecule has 2 N–H and O–H groups in total. The second-order valence-corrected chi connectivity index (χ2v) is 15.5. The minimum absolute atomic E-state index is 0.0104. The topological polar surface area (TPSA) is 165 Å². The van der Waals surface area contributed by atoms with E-state index in [1.165, 1.54) is 10.8 Å². The van der Waals surface area contributed by atoms with E-state index in [4.69, 9.17) is 16.6 Å². The van der Waals surface area contributed by atoms with Gasteiger partial charge in [-0.15, -0.1) is 5.10 Å². The fourth-order valence-corrected chi connectivity index (χ4v) is 9.66. The lowest BCUT2D eigenvalue weighted by molar-refractivity contribution is -0.137. The lowest BCUT2D eigenvalue weighted by Gasteiger charge is -2.58. The van der Waals surface area contributed by atoms with E-state index in [0.717, 1.165) is 50.3 Å². The summed E-state index contributed by atoms with van der Waals surface area (Å²) in [6.07, 6.45) is 3.30. The molecule has 4 aliphatic carbocycles. The maximum atomic E-state index is 14.8. The number of carbonyl (C=O) groups excluding carboxylic acids is 2. The SMILES string of the molecule is Cc1ncnc(C(=O)N2CC[C@]3(c4c(n(CC(=O)Nc5ccc(C(F)(F)F)cc5Cl)c5nc(-c6ccn(C7CC7)n6)nn5c4=O)[C@H]4C[C@H]43)[C@@H]3CC[C@@H]32)c1O. The summed E-state index contributed by atoms with van der Waals surface area (Å²) in [6.45, 7) is 1.62. The summed E-state index contributed by atoms with van der Waals surface area (Å²) < 4.78 is 44.7. The molecule has 4 aromatic heterocycles. The monoisotopic (exact) mass is 760 g/mol. The molecule has 5 aromatic rings. The van der Waals surface area contributed by atoms with Gasteiger partial charge in [-0.25, -0.2) is 9.97 Å². The molecule has 3 saturated carbocycles. The first-order chi connectivity index (χ1) is 25.8. The number of anilines is 1. The Kier molecular flexibility index (Phi) is 6.99. The minimum Gasteiger partial charge on any atom is -0.504 e. The van der Waals surface area contributed by atoms with Gasteiger partial charge in [-0.3, -0.25) is 19.1 Å². The summed E-state index contributed by atoms with van der Waals surface area (Å²) in [5.41, 5.74) is 0.139. The van der Waals surface area contributed by atoms with Gasteiger partial charge in [-0.05, 0) is 81.5 Å². The zero-order valence-corrected chi connectivity index (χ0v) is 29.5. The Morgan fingerprint density at radius 3 is 2.63 bits per heavy atom. The smallest absolute Gasteiger partial charge is 0.416 e.